The van der Waals surface area contributed by atoms with E-state index >= 15 is 0 Å². The fourth-order valence-electron chi connectivity index (χ4n) is 2.82. The van der Waals surface area contributed by atoms with Crippen LogP contribution in [0.25, 0.3) is 0 Å². The third kappa shape index (κ3) is 5.64. The first-order valence-electron chi connectivity index (χ1n) is 8.83. The Hall–Kier alpha value is -2.24. The summed E-state index contributed by atoms with van der Waals surface area (Å²) < 4.78 is 16.3. The molecule has 0 saturated carbocycles. The van der Waals surface area contributed by atoms with Crippen molar-refractivity contribution in [3.63, 3.8) is 0 Å². The number of para-hydroxylation sites is 1. The van der Waals surface area contributed by atoms with Crippen LogP contribution >= 0.6 is 0 Å². The van der Waals surface area contributed by atoms with Crippen molar-refractivity contribution in [2.75, 3.05) is 33.9 Å². The molecule has 0 aliphatic rings. The number of nitrogens with one attached hydrogen (secondary N) is 1. The first-order valence-corrected chi connectivity index (χ1v) is 8.83. The van der Waals surface area contributed by atoms with Crippen LogP contribution in [0.2, 0.25) is 0 Å². The highest BCUT2D eigenvalue weighted by Crippen LogP contribution is 2.36. The molecule has 0 saturated heterocycles. The van der Waals surface area contributed by atoms with Crippen molar-refractivity contribution < 1.29 is 19.3 Å². The van der Waals surface area contributed by atoms with Gasteiger partial charge in [0.1, 0.15) is 12.7 Å². The minimum Gasteiger partial charge on any atom is -0.493 e. The summed E-state index contributed by atoms with van der Waals surface area (Å²) in [6, 6.07) is 11.9. The van der Waals surface area contributed by atoms with Crippen LogP contribution in [0.15, 0.2) is 36.4 Å². The van der Waals surface area contributed by atoms with E-state index in [0.717, 1.165) is 13.0 Å². The predicted octanol–water partition coefficient (Wildman–Crippen LogP) is 2.89. The van der Waals surface area contributed by atoms with Crippen LogP contribution in [0.4, 0.5) is 0 Å². The second-order valence-corrected chi connectivity index (χ2v) is 6.34. The van der Waals surface area contributed by atoms with Crippen molar-refractivity contribution in [2.45, 2.75) is 26.4 Å². The lowest BCUT2D eigenvalue weighted by Gasteiger charge is -2.17. The minimum atomic E-state index is -0.622. The van der Waals surface area contributed by atoms with E-state index in [-0.39, 0.29) is 6.61 Å². The number of rotatable bonds is 10. The molecule has 5 nitrogen and oxygen atoms in total. The zero-order valence-electron chi connectivity index (χ0n) is 16.0. The van der Waals surface area contributed by atoms with Gasteiger partial charge in [0, 0.05) is 6.54 Å². The van der Waals surface area contributed by atoms with Gasteiger partial charge in [-0.15, -0.1) is 0 Å². The Kier molecular flexibility index (Phi) is 7.75. The second-order valence-electron chi connectivity index (χ2n) is 6.34. The van der Waals surface area contributed by atoms with Gasteiger partial charge in [-0.2, -0.15) is 0 Å². The van der Waals surface area contributed by atoms with E-state index in [4.69, 9.17) is 14.2 Å². The number of methoxy groups -OCH3 is 2. The van der Waals surface area contributed by atoms with Gasteiger partial charge in [0.15, 0.2) is 11.5 Å². The average Bonchev–Trinajstić information content (AvgIpc) is 2.64. The summed E-state index contributed by atoms with van der Waals surface area (Å²) in [5.41, 5.74) is 3.91. The number of ether oxygens (including phenoxy) is 3. The monoisotopic (exact) mass is 359 g/mol. The van der Waals surface area contributed by atoms with E-state index in [2.05, 4.69) is 37.4 Å². The Labute approximate surface area is 155 Å². The summed E-state index contributed by atoms with van der Waals surface area (Å²) in [6.07, 6.45) is 0.309. The van der Waals surface area contributed by atoms with E-state index in [1.807, 2.05) is 6.07 Å². The summed E-state index contributed by atoms with van der Waals surface area (Å²) in [7, 11) is 3.15. The maximum Gasteiger partial charge on any atom is 0.203 e. The molecule has 2 aromatic rings. The quantitative estimate of drug-likeness (QED) is 0.639. The van der Waals surface area contributed by atoms with Crippen molar-refractivity contribution in [2.24, 2.45) is 0 Å². The van der Waals surface area contributed by atoms with Gasteiger partial charge >= 0.3 is 0 Å². The molecular formula is C21H29NO4. The third-order valence-corrected chi connectivity index (χ3v) is 4.25. The van der Waals surface area contributed by atoms with Crippen molar-refractivity contribution in [3.05, 3.63) is 53.1 Å². The van der Waals surface area contributed by atoms with Crippen LogP contribution < -0.4 is 19.5 Å². The number of aryl methyl sites for hydroxylation is 2. The third-order valence-electron chi connectivity index (χ3n) is 4.25. The zero-order chi connectivity index (χ0) is 18.9. The second kappa shape index (κ2) is 10.0. The summed E-state index contributed by atoms with van der Waals surface area (Å²) in [6.45, 7) is 5.66. The van der Waals surface area contributed by atoms with Gasteiger partial charge in [-0.1, -0.05) is 29.8 Å². The van der Waals surface area contributed by atoms with E-state index in [1.165, 1.54) is 16.7 Å². The molecule has 1 atom stereocenters. The fraction of sp³-hybridized carbons (Fsp3) is 0.429. The van der Waals surface area contributed by atoms with Gasteiger partial charge in [-0.05, 0) is 50.1 Å². The highest BCUT2D eigenvalue weighted by Gasteiger charge is 2.13. The molecule has 0 radical (unpaired) electrons. The molecule has 0 aliphatic carbocycles. The molecule has 2 N–H and O–H groups in total. The van der Waals surface area contributed by atoms with Gasteiger partial charge in [-0.3, -0.25) is 0 Å². The van der Waals surface area contributed by atoms with Crippen molar-refractivity contribution in [3.8, 4) is 17.2 Å². The molecule has 0 heterocycles. The number of hydrogen-bond donors (Lipinski definition) is 2. The van der Waals surface area contributed by atoms with Crippen LogP contribution in [-0.2, 0) is 6.42 Å². The maximum atomic E-state index is 10.2. The molecule has 0 aliphatic heterocycles. The Balaban J connectivity index is 1.76. The molecule has 0 fully saturated rings. The van der Waals surface area contributed by atoms with Crippen LogP contribution in [-0.4, -0.2) is 45.1 Å². The number of aliphatic hydroxyl groups excluding tert-OH is 1. The van der Waals surface area contributed by atoms with E-state index in [1.54, 1.807) is 26.4 Å². The number of aliphatic hydroxyl groups is 1. The van der Waals surface area contributed by atoms with Gasteiger partial charge in [0.25, 0.3) is 0 Å². The highest BCUT2D eigenvalue weighted by atomic mass is 16.5. The molecule has 26 heavy (non-hydrogen) atoms. The molecule has 2 rings (SSSR count). The number of hydrogen-bond acceptors (Lipinski definition) is 5. The molecule has 0 aromatic heterocycles. The molecule has 0 amide bonds. The zero-order valence-corrected chi connectivity index (χ0v) is 16.0. The molecular weight excluding hydrogens is 330 g/mol. The summed E-state index contributed by atoms with van der Waals surface area (Å²) >= 11 is 0. The van der Waals surface area contributed by atoms with Crippen molar-refractivity contribution >= 4 is 0 Å². The Morgan fingerprint density at radius 2 is 1.73 bits per heavy atom. The van der Waals surface area contributed by atoms with E-state index in [9.17, 15) is 5.11 Å². The molecule has 142 valence electrons. The first-order chi connectivity index (χ1) is 12.5. The standard InChI is InChI=1S/C21H29NO4/c1-15-8-9-17(16(2)12-15)10-11-22-13-18(23)14-26-21-19(24-3)6-5-7-20(21)25-4/h5-9,12,18,22-23H,10-11,13-14H2,1-4H3. The average molecular weight is 359 g/mol. The minimum absolute atomic E-state index is 0.160. The van der Waals surface area contributed by atoms with Crippen LogP contribution in [0.1, 0.15) is 16.7 Å². The molecule has 1 unspecified atom stereocenters. The van der Waals surface area contributed by atoms with Crippen LogP contribution in [0.3, 0.4) is 0 Å². The van der Waals surface area contributed by atoms with Gasteiger partial charge in [0.05, 0.1) is 14.2 Å². The predicted molar refractivity (Wildman–Crippen MR) is 104 cm³/mol. The highest BCUT2D eigenvalue weighted by molar-refractivity contribution is 5.51. The van der Waals surface area contributed by atoms with Gasteiger partial charge < -0.3 is 24.6 Å². The molecule has 0 spiro atoms. The molecule has 0 bridgehead atoms. The lowest BCUT2D eigenvalue weighted by Crippen LogP contribution is -2.32. The summed E-state index contributed by atoms with van der Waals surface area (Å²) in [4.78, 5) is 0. The summed E-state index contributed by atoms with van der Waals surface area (Å²) in [5.74, 6) is 1.67. The lowest BCUT2D eigenvalue weighted by atomic mass is 10.0. The fourth-order valence-corrected chi connectivity index (χ4v) is 2.82. The van der Waals surface area contributed by atoms with Gasteiger partial charge in [-0.25, -0.2) is 0 Å². The smallest absolute Gasteiger partial charge is 0.203 e. The topological polar surface area (TPSA) is 60.0 Å². The maximum absolute atomic E-state index is 10.2. The van der Waals surface area contributed by atoms with Gasteiger partial charge in [0.2, 0.25) is 5.75 Å². The van der Waals surface area contributed by atoms with Crippen molar-refractivity contribution in [1.29, 1.82) is 0 Å². The summed E-state index contributed by atoms with van der Waals surface area (Å²) in [5, 5.41) is 13.4. The SMILES string of the molecule is COc1cccc(OC)c1OCC(O)CNCCc1ccc(C)cc1C. The Bertz CT molecular complexity index is 680. The normalized spacial score (nSPS) is 11.9. The van der Waals surface area contributed by atoms with Crippen LogP contribution in [0.5, 0.6) is 17.2 Å². The molecule has 5 heteroatoms. The van der Waals surface area contributed by atoms with E-state index in [0.29, 0.717) is 23.8 Å². The Morgan fingerprint density at radius 3 is 2.35 bits per heavy atom. The van der Waals surface area contributed by atoms with E-state index < -0.39 is 6.10 Å². The largest absolute Gasteiger partial charge is 0.493 e. The van der Waals surface area contributed by atoms with Crippen molar-refractivity contribution in [1.82, 2.24) is 5.32 Å². The first kappa shape index (κ1) is 20.1. The number of benzene rings is 2. The van der Waals surface area contributed by atoms with Crippen LogP contribution in [0, 0.1) is 13.8 Å². The lowest BCUT2D eigenvalue weighted by molar-refractivity contribution is 0.103. The molecule has 2 aromatic carbocycles. The Morgan fingerprint density at radius 1 is 1.04 bits per heavy atom.